The number of sulfonamides is 1. The minimum absolute atomic E-state index is 0. The molecule has 2 aliphatic heterocycles. The van der Waals surface area contributed by atoms with Gasteiger partial charge in [-0.15, -0.1) is 0 Å². The topological polar surface area (TPSA) is 80.8 Å². The summed E-state index contributed by atoms with van der Waals surface area (Å²) in [6.07, 6.45) is 0.342. The number of sulfone groups is 1. The second-order valence-electron chi connectivity index (χ2n) is 8.89. The predicted octanol–water partition coefficient (Wildman–Crippen LogP) is 4.38. The Hall–Kier alpha value is -1.75. The Kier molecular flexibility index (Phi) is 6.28. The highest BCUT2D eigenvalue weighted by Gasteiger charge is 2.64. The van der Waals surface area contributed by atoms with Crippen molar-refractivity contribution >= 4 is 31.5 Å². The van der Waals surface area contributed by atoms with Crippen molar-refractivity contribution in [2.24, 2.45) is 11.8 Å². The van der Waals surface area contributed by atoms with E-state index >= 15 is 4.39 Å². The molecule has 2 heterocycles. The summed E-state index contributed by atoms with van der Waals surface area (Å²) >= 11 is 5.96. The quantitative estimate of drug-likeness (QED) is 0.572. The van der Waals surface area contributed by atoms with Gasteiger partial charge in [-0.25, -0.2) is 29.9 Å². The lowest BCUT2D eigenvalue weighted by atomic mass is 9.64. The maximum absolute atomic E-state index is 15.4. The zero-order valence-corrected chi connectivity index (χ0v) is 20.1. The molecule has 3 aliphatic rings. The lowest BCUT2D eigenvalue weighted by Crippen LogP contribution is -2.62. The van der Waals surface area contributed by atoms with Gasteiger partial charge < -0.3 is 4.74 Å². The lowest BCUT2D eigenvalue weighted by molar-refractivity contribution is 0.0276. The van der Waals surface area contributed by atoms with Gasteiger partial charge in [0.25, 0.3) is 0 Å². The van der Waals surface area contributed by atoms with Crippen molar-refractivity contribution in [3.8, 4) is 5.75 Å². The summed E-state index contributed by atoms with van der Waals surface area (Å²) in [6, 6.07) is 7.00. The first-order valence-corrected chi connectivity index (χ1v) is 14.0. The van der Waals surface area contributed by atoms with Crippen LogP contribution >= 0.6 is 11.6 Å². The van der Waals surface area contributed by atoms with Gasteiger partial charge in [0.15, 0.2) is 21.4 Å². The van der Waals surface area contributed by atoms with Crippen LogP contribution in [0.2, 0.25) is 5.02 Å². The first kappa shape index (κ1) is 25.3. The summed E-state index contributed by atoms with van der Waals surface area (Å²) in [5.74, 6) is -3.38. The Labute approximate surface area is 203 Å². The average Bonchev–Trinajstić information content (AvgIpc) is 2.78. The van der Waals surface area contributed by atoms with E-state index < -0.39 is 54.1 Å². The number of halogens is 3. The van der Waals surface area contributed by atoms with E-state index in [0.717, 1.165) is 12.1 Å². The van der Waals surface area contributed by atoms with Crippen LogP contribution in [-0.2, 0) is 24.6 Å². The summed E-state index contributed by atoms with van der Waals surface area (Å²) < 4.78 is 88.7. The molecule has 6 nitrogen and oxygen atoms in total. The molecule has 4 atom stereocenters. The van der Waals surface area contributed by atoms with Crippen molar-refractivity contribution in [2.45, 2.75) is 42.4 Å². The van der Waals surface area contributed by atoms with Crippen molar-refractivity contribution in [3.05, 3.63) is 58.6 Å². The van der Waals surface area contributed by atoms with Crippen molar-refractivity contribution in [3.63, 3.8) is 0 Å². The van der Waals surface area contributed by atoms with E-state index in [0.29, 0.717) is 5.02 Å². The number of nitrogens with zero attached hydrogens (tertiary/aromatic N) is 1. The molecule has 0 spiro atoms. The fourth-order valence-electron chi connectivity index (χ4n) is 5.96. The van der Waals surface area contributed by atoms with Gasteiger partial charge in [0.2, 0.25) is 10.0 Å². The monoisotopic (exact) mass is 533 g/mol. The van der Waals surface area contributed by atoms with Gasteiger partial charge in [0, 0.05) is 24.0 Å². The molecule has 1 aliphatic carbocycles. The fourth-order valence-corrected chi connectivity index (χ4v) is 10.0. The number of fused-ring (bicyclic) bond motifs is 5. The third-order valence-corrected chi connectivity index (χ3v) is 12.2. The molecule has 0 aromatic heterocycles. The van der Waals surface area contributed by atoms with E-state index in [2.05, 4.69) is 0 Å². The first-order valence-electron chi connectivity index (χ1n) is 10.6. The number of hydrogen-bond donors (Lipinski definition) is 0. The number of hydrogen-bond acceptors (Lipinski definition) is 5. The molecule has 0 amide bonds. The second kappa shape index (κ2) is 8.43. The second-order valence-corrected chi connectivity index (χ2v) is 13.7. The third kappa shape index (κ3) is 3.40. The van der Waals surface area contributed by atoms with Gasteiger partial charge in [-0.05, 0) is 61.6 Å². The van der Waals surface area contributed by atoms with Crippen LogP contribution in [0.15, 0.2) is 41.3 Å². The average molecular weight is 534 g/mol. The van der Waals surface area contributed by atoms with E-state index in [1.807, 2.05) is 0 Å². The van der Waals surface area contributed by atoms with Gasteiger partial charge in [0.05, 0.1) is 22.8 Å². The van der Waals surface area contributed by atoms with Crippen LogP contribution in [-0.4, -0.2) is 46.6 Å². The number of ether oxygens (including phenoxy) is 1. The van der Waals surface area contributed by atoms with Crippen LogP contribution in [0.25, 0.3) is 0 Å². The van der Waals surface area contributed by atoms with Crippen molar-refractivity contribution < 1.29 is 30.4 Å². The van der Waals surface area contributed by atoms with Crippen LogP contribution in [0.1, 0.15) is 32.3 Å². The molecule has 11 heteroatoms. The molecule has 2 aromatic carbocycles. The fraction of sp³-hybridized carbons (Fsp3) is 0.478. The highest BCUT2D eigenvalue weighted by atomic mass is 35.5. The van der Waals surface area contributed by atoms with Crippen molar-refractivity contribution in [1.82, 2.24) is 4.31 Å². The minimum atomic E-state index is -4.26. The molecule has 5 rings (SSSR count). The number of benzene rings is 2. The molecule has 186 valence electrons. The van der Waals surface area contributed by atoms with Crippen molar-refractivity contribution in [1.29, 1.82) is 0 Å². The number of rotatable bonds is 2. The molecule has 0 unspecified atom stereocenters. The highest BCUT2D eigenvalue weighted by molar-refractivity contribution is 7.92. The summed E-state index contributed by atoms with van der Waals surface area (Å²) in [7, 11) is -6.24. The lowest BCUT2D eigenvalue weighted by Gasteiger charge is -2.55. The molecule has 1 saturated carbocycles. The smallest absolute Gasteiger partial charge is 0.214 e. The molecule has 2 fully saturated rings. The van der Waals surface area contributed by atoms with Gasteiger partial charge in [0.1, 0.15) is 10.6 Å². The maximum Gasteiger partial charge on any atom is 0.214 e. The predicted molar refractivity (Wildman–Crippen MR) is 125 cm³/mol. The maximum atomic E-state index is 15.4. The summed E-state index contributed by atoms with van der Waals surface area (Å²) in [5, 5.41) is 0.343. The van der Waals surface area contributed by atoms with Crippen LogP contribution in [0.3, 0.4) is 0 Å². The summed E-state index contributed by atoms with van der Waals surface area (Å²) in [5.41, 5.74) is -0.303. The standard InChI is InChI=1S/C22H22ClF2NO5S2.CH4/c1-26-19-8-10-22(33(29,30)14-4-2-13(23)3-5-14)16(15(19)9-11-32(26,27)28)12-31-21-18(25)7-6-17(24)20(21)22;/h2-7,15-16,19H,8-12H2,1H3;1H4/t15-,16-,19+,22-;/m0./s1. The van der Waals surface area contributed by atoms with Gasteiger partial charge in [-0.2, -0.15) is 0 Å². The molecule has 1 saturated heterocycles. The molecular weight excluding hydrogens is 508 g/mol. The molecular formula is C23H26ClF2NO5S2. The Bertz CT molecular complexity index is 1330. The van der Waals surface area contributed by atoms with Gasteiger partial charge in [-0.1, -0.05) is 19.0 Å². The van der Waals surface area contributed by atoms with E-state index in [4.69, 9.17) is 16.3 Å². The van der Waals surface area contributed by atoms with E-state index in [1.54, 1.807) is 0 Å². The zero-order valence-electron chi connectivity index (χ0n) is 17.7. The third-order valence-electron chi connectivity index (χ3n) is 7.53. The van der Waals surface area contributed by atoms with Crippen LogP contribution in [0, 0.1) is 23.5 Å². The molecule has 0 N–H and O–H groups in total. The Morgan fingerprint density at radius 3 is 2.41 bits per heavy atom. The highest BCUT2D eigenvalue weighted by Crippen LogP contribution is 2.59. The Balaban J connectivity index is 0.00000274. The Morgan fingerprint density at radius 1 is 1.09 bits per heavy atom. The Morgan fingerprint density at radius 2 is 1.74 bits per heavy atom. The largest absolute Gasteiger partial charge is 0.490 e. The first-order chi connectivity index (χ1) is 15.5. The van der Waals surface area contributed by atoms with Crippen LogP contribution < -0.4 is 4.74 Å². The SMILES string of the molecule is C.CN1[C@@H]2CC[C@@]3(S(=O)(=O)c4ccc(Cl)cc4)c4c(F)ccc(F)c4OC[C@H]3[C@@H]2CCS1(=O)=O. The van der Waals surface area contributed by atoms with Crippen molar-refractivity contribution in [2.75, 3.05) is 19.4 Å². The van der Waals surface area contributed by atoms with E-state index in [9.17, 15) is 21.2 Å². The summed E-state index contributed by atoms with van der Waals surface area (Å²) in [4.78, 5) is -0.0522. The van der Waals surface area contributed by atoms with Gasteiger partial charge >= 0.3 is 0 Å². The van der Waals surface area contributed by atoms with Crippen LogP contribution in [0.4, 0.5) is 8.78 Å². The van der Waals surface area contributed by atoms with Crippen LogP contribution in [0.5, 0.6) is 5.75 Å². The minimum Gasteiger partial charge on any atom is -0.490 e. The normalized spacial score (nSPS) is 30.2. The zero-order chi connectivity index (χ0) is 23.8. The molecule has 34 heavy (non-hydrogen) atoms. The summed E-state index contributed by atoms with van der Waals surface area (Å²) in [6.45, 7) is -0.157. The molecule has 0 bridgehead atoms. The molecule has 0 radical (unpaired) electrons. The van der Waals surface area contributed by atoms with E-state index in [1.165, 1.54) is 35.6 Å². The van der Waals surface area contributed by atoms with Gasteiger partial charge in [-0.3, -0.25) is 0 Å². The van der Waals surface area contributed by atoms with E-state index in [-0.39, 0.29) is 55.3 Å². The molecule has 2 aromatic rings.